The van der Waals surface area contributed by atoms with Gasteiger partial charge in [0.15, 0.2) is 5.78 Å². The van der Waals surface area contributed by atoms with Crippen LogP contribution in [0, 0.1) is 6.92 Å². The molecule has 138 valence electrons. The summed E-state index contributed by atoms with van der Waals surface area (Å²) in [5, 5.41) is 0.784. The molecule has 0 fully saturated rings. The second kappa shape index (κ2) is 8.02. The number of ketones is 1. The molecule has 5 nitrogen and oxygen atoms in total. The van der Waals surface area contributed by atoms with Crippen LogP contribution in [0.15, 0.2) is 41.0 Å². The monoisotopic (exact) mass is 445 g/mol. The van der Waals surface area contributed by atoms with Gasteiger partial charge in [-0.3, -0.25) is 4.79 Å². The van der Waals surface area contributed by atoms with Crippen molar-refractivity contribution in [1.29, 1.82) is 0 Å². The molecule has 7 heteroatoms. The van der Waals surface area contributed by atoms with Crippen LogP contribution in [0.25, 0.3) is 16.3 Å². The van der Waals surface area contributed by atoms with E-state index in [0.29, 0.717) is 15.3 Å². The van der Waals surface area contributed by atoms with Crippen molar-refractivity contribution < 1.29 is 19.1 Å². The molecule has 0 aliphatic rings. The molecule has 3 rings (SSSR count). The fourth-order valence-electron chi connectivity index (χ4n) is 2.57. The molecular formula is C20H16BrNO4S. The molecule has 0 radical (unpaired) electrons. The normalized spacial score (nSPS) is 11.1. The van der Waals surface area contributed by atoms with Crippen molar-refractivity contribution in [2.24, 2.45) is 0 Å². The predicted octanol–water partition coefficient (Wildman–Crippen LogP) is 5.06. The van der Waals surface area contributed by atoms with Gasteiger partial charge in [-0.15, -0.1) is 11.3 Å². The molecule has 2 aromatic heterocycles. The number of rotatable bonds is 5. The van der Waals surface area contributed by atoms with Gasteiger partial charge in [0, 0.05) is 17.1 Å². The lowest BCUT2D eigenvalue weighted by Gasteiger charge is -2.03. The molecule has 0 atom stereocenters. The number of thiophene rings is 1. The molecule has 0 N–H and O–H groups in total. The van der Waals surface area contributed by atoms with Crippen molar-refractivity contribution in [1.82, 2.24) is 4.98 Å². The standard InChI is InChI=1S/C20H16BrNO4S/c1-11-14-9-13(10-22-19(14)27-18(11)20(24)26-3)16(23)6-4-12-5-7-17(25-2)15(21)8-12/h4-10H,1-3H3/b6-4+. The fourth-order valence-corrected chi connectivity index (χ4v) is 4.18. The number of allylic oxidation sites excluding steroid dienone is 1. The number of esters is 1. The Hall–Kier alpha value is -2.51. The number of hydrogen-bond acceptors (Lipinski definition) is 6. The van der Waals surface area contributed by atoms with Crippen LogP contribution in [0.2, 0.25) is 0 Å². The van der Waals surface area contributed by atoms with E-state index >= 15 is 0 Å². The SMILES string of the molecule is COC(=O)c1sc2ncc(C(=O)/C=C/c3ccc(OC)c(Br)c3)cc2c1C. The Balaban J connectivity index is 1.88. The molecule has 0 unspecified atom stereocenters. The zero-order chi connectivity index (χ0) is 19.6. The lowest BCUT2D eigenvalue weighted by atomic mass is 10.1. The molecule has 3 aromatic rings. The summed E-state index contributed by atoms with van der Waals surface area (Å²) in [6.45, 7) is 1.83. The molecule has 0 saturated carbocycles. The summed E-state index contributed by atoms with van der Waals surface area (Å²) in [7, 11) is 2.94. The number of pyridine rings is 1. The van der Waals surface area contributed by atoms with Gasteiger partial charge in [-0.05, 0) is 58.3 Å². The minimum Gasteiger partial charge on any atom is -0.496 e. The van der Waals surface area contributed by atoms with Gasteiger partial charge < -0.3 is 9.47 Å². The lowest BCUT2D eigenvalue weighted by molar-refractivity contribution is 0.0605. The molecule has 27 heavy (non-hydrogen) atoms. The maximum Gasteiger partial charge on any atom is 0.348 e. The smallest absolute Gasteiger partial charge is 0.348 e. The number of benzene rings is 1. The number of methoxy groups -OCH3 is 2. The number of carbonyl (C=O) groups is 2. The Morgan fingerprint density at radius 1 is 1.22 bits per heavy atom. The number of aromatic nitrogens is 1. The Labute approximate surface area is 168 Å². The average molecular weight is 446 g/mol. The van der Waals surface area contributed by atoms with Crippen molar-refractivity contribution in [3.05, 3.63) is 62.6 Å². The number of ether oxygens (including phenoxy) is 2. The van der Waals surface area contributed by atoms with E-state index in [0.717, 1.165) is 26.7 Å². The summed E-state index contributed by atoms with van der Waals surface area (Å²) in [5.74, 6) is 0.164. The van der Waals surface area contributed by atoms with Crippen LogP contribution in [0.3, 0.4) is 0 Å². The maximum atomic E-state index is 12.5. The summed E-state index contributed by atoms with van der Waals surface area (Å²) < 4.78 is 10.8. The minimum atomic E-state index is -0.395. The first-order valence-electron chi connectivity index (χ1n) is 7.98. The first kappa shape index (κ1) is 19.3. The van der Waals surface area contributed by atoms with Gasteiger partial charge in [-0.2, -0.15) is 0 Å². The van der Waals surface area contributed by atoms with E-state index in [2.05, 4.69) is 20.9 Å². The molecule has 0 bridgehead atoms. The molecular weight excluding hydrogens is 430 g/mol. The zero-order valence-electron chi connectivity index (χ0n) is 14.9. The third-order valence-electron chi connectivity index (χ3n) is 4.05. The van der Waals surface area contributed by atoms with Crippen molar-refractivity contribution in [3.63, 3.8) is 0 Å². The summed E-state index contributed by atoms with van der Waals surface area (Å²) in [6.07, 6.45) is 4.76. The molecule has 0 aliphatic heterocycles. The summed E-state index contributed by atoms with van der Waals surface area (Å²) in [6, 6.07) is 7.32. The van der Waals surface area contributed by atoms with Gasteiger partial charge in [0.1, 0.15) is 15.5 Å². The van der Waals surface area contributed by atoms with Crippen LogP contribution < -0.4 is 4.74 Å². The number of halogens is 1. The highest BCUT2D eigenvalue weighted by Crippen LogP contribution is 2.30. The fraction of sp³-hybridized carbons (Fsp3) is 0.150. The quantitative estimate of drug-likeness (QED) is 0.312. The number of fused-ring (bicyclic) bond motifs is 1. The van der Waals surface area contributed by atoms with E-state index < -0.39 is 5.97 Å². The molecule has 1 aromatic carbocycles. The first-order valence-corrected chi connectivity index (χ1v) is 9.59. The summed E-state index contributed by atoms with van der Waals surface area (Å²) in [5.41, 5.74) is 2.10. The number of nitrogens with zero attached hydrogens (tertiary/aromatic N) is 1. The summed E-state index contributed by atoms with van der Waals surface area (Å²) in [4.78, 5) is 29.9. The van der Waals surface area contributed by atoms with Gasteiger partial charge in [-0.1, -0.05) is 12.1 Å². The van der Waals surface area contributed by atoms with Crippen LogP contribution in [-0.4, -0.2) is 31.0 Å². The Morgan fingerprint density at radius 3 is 2.67 bits per heavy atom. The molecule has 0 saturated heterocycles. The number of aryl methyl sites for hydroxylation is 1. The van der Waals surface area contributed by atoms with Gasteiger partial charge in [0.2, 0.25) is 0 Å². The molecule has 0 spiro atoms. The summed E-state index contributed by atoms with van der Waals surface area (Å²) >= 11 is 4.68. The lowest BCUT2D eigenvalue weighted by Crippen LogP contribution is -1.99. The van der Waals surface area contributed by atoms with Gasteiger partial charge >= 0.3 is 5.97 Å². The second-order valence-electron chi connectivity index (χ2n) is 5.72. The average Bonchev–Trinajstić information content (AvgIpc) is 3.01. The zero-order valence-corrected chi connectivity index (χ0v) is 17.3. The van der Waals surface area contributed by atoms with E-state index in [9.17, 15) is 9.59 Å². The van der Waals surface area contributed by atoms with Crippen LogP contribution in [-0.2, 0) is 4.74 Å². The van der Waals surface area contributed by atoms with Gasteiger partial charge in [-0.25, -0.2) is 9.78 Å². The van der Waals surface area contributed by atoms with Crippen molar-refractivity contribution in [2.45, 2.75) is 6.92 Å². The van der Waals surface area contributed by atoms with Crippen LogP contribution in [0.4, 0.5) is 0 Å². The number of hydrogen-bond donors (Lipinski definition) is 0. The third-order valence-corrected chi connectivity index (χ3v) is 5.87. The van der Waals surface area contributed by atoms with Gasteiger partial charge in [0.05, 0.1) is 18.7 Å². The highest BCUT2D eigenvalue weighted by molar-refractivity contribution is 9.10. The highest BCUT2D eigenvalue weighted by atomic mass is 79.9. The predicted molar refractivity (Wildman–Crippen MR) is 110 cm³/mol. The van der Waals surface area contributed by atoms with E-state index in [1.54, 1.807) is 19.3 Å². The van der Waals surface area contributed by atoms with E-state index in [1.165, 1.54) is 30.7 Å². The minimum absolute atomic E-state index is 0.165. The maximum absolute atomic E-state index is 12.5. The molecule has 0 amide bonds. The third kappa shape index (κ3) is 3.94. The number of carbonyl (C=O) groups excluding carboxylic acids is 2. The van der Waals surface area contributed by atoms with E-state index in [4.69, 9.17) is 9.47 Å². The highest BCUT2D eigenvalue weighted by Gasteiger charge is 2.17. The van der Waals surface area contributed by atoms with Crippen LogP contribution in [0.5, 0.6) is 5.75 Å². The molecule has 0 aliphatic carbocycles. The Kier molecular flexibility index (Phi) is 5.72. The van der Waals surface area contributed by atoms with Crippen molar-refractivity contribution in [3.8, 4) is 5.75 Å². The molecule has 2 heterocycles. The van der Waals surface area contributed by atoms with Crippen molar-refractivity contribution >= 4 is 55.3 Å². The largest absolute Gasteiger partial charge is 0.496 e. The van der Waals surface area contributed by atoms with E-state index in [-0.39, 0.29) is 5.78 Å². The topological polar surface area (TPSA) is 65.5 Å². The van der Waals surface area contributed by atoms with Gasteiger partial charge in [0.25, 0.3) is 0 Å². The Morgan fingerprint density at radius 2 is 2.00 bits per heavy atom. The van der Waals surface area contributed by atoms with Crippen LogP contribution >= 0.6 is 27.3 Å². The Bertz CT molecular complexity index is 1070. The first-order chi connectivity index (χ1) is 12.9. The van der Waals surface area contributed by atoms with E-state index in [1.807, 2.05) is 25.1 Å². The second-order valence-corrected chi connectivity index (χ2v) is 7.57. The van der Waals surface area contributed by atoms with Crippen molar-refractivity contribution in [2.75, 3.05) is 14.2 Å². The van der Waals surface area contributed by atoms with Crippen LogP contribution in [0.1, 0.15) is 31.2 Å².